The first-order valence-corrected chi connectivity index (χ1v) is 9.41. The van der Waals surface area contributed by atoms with Crippen LogP contribution in [0.1, 0.15) is 57.7 Å². The zero-order chi connectivity index (χ0) is 17.5. The molecule has 1 aromatic heterocycles. The van der Waals surface area contributed by atoms with Crippen LogP contribution in [0.15, 0.2) is 30.3 Å². The second-order valence-electron chi connectivity index (χ2n) is 6.67. The zero-order valence-electron chi connectivity index (χ0n) is 15.0. The van der Waals surface area contributed by atoms with Gasteiger partial charge in [0.25, 0.3) is 0 Å². The van der Waals surface area contributed by atoms with Crippen LogP contribution in [0.3, 0.4) is 0 Å². The highest BCUT2D eigenvalue weighted by atomic mass is 16.2. The van der Waals surface area contributed by atoms with Crippen LogP contribution in [0.25, 0.3) is 5.69 Å². The first-order valence-electron chi connectivity index (χ1n) is 9.41. The molecule has 6 nitrogen and oxygen atoms in total. The summed E-state index contributed by atoms with van der Waals surface area (Å²) in [5, 5.41) is 12.0. The topological polar surface area (TPSA) is 63.9 Å². The molecule has 1 aliphatic rings. The second-order valence-corrected chi connectivity index (χ2v) is 6.67. The van der Waals surface area contributed by atoms with Crippen molar-refractivity contribution >= 4 is 5.91 Å². The Balaban J connectivity index is 1.54. The number of hydrogen-bond donors (Lipinski definition) is 0. The zero-order valence-corrected chi connectivity index (χ0v) is 15.0. The Morgan fingerprint density at radius 2 is 1.96 bits per heavy atom. The van der Waals surface area contributed by atoms with Crippen molar-refractivity contribution in [1.29, 1.82) is 0 Å². The molecule has 0 saturated heterocycles. The molecule has 0 aliphatic heterocycles. The SMILES string of the molecule is CCN(C(=O)CCCc1nnnn1-c1ccccc1)C1CCCCC1. The molecule has 0 radical (unpaired) electrons. The number of hydrogen-bond acceptors (Lipinski definition) is 4. The molecule has 6 heteroatoms. The van der Waals surface area contributed by atoms with Crippen LogP contribution in [-0.2, 0) is 11.2 Å². The highest BCUT2D eigenvalue weighted by Crippen LogP contribution is 2.23. The van der Waals surface area contributed by atoms with Gasteiger partial charge in [0, 0.05) is 25.4 Å². The molecule has 0 N–H and O–H groups in total. The maximum atomic E-state index is 12.6. The van der Waals surface area contributed by atoms with Crippen molar-refractivity contribution < 1.29 is 4.79 Å². The van der Waals surface area contributed by atoms with Crippen LogP contribution in [0.5, 0.6) is 0 Å². The van der Waals surface area contributed by atoms with Gasteiger partial charge in [0.1, 0.15) is 0 Å². The molecule has 25 heavy (non-hydrogen) atoms. The fourth-order valence-electron chi connectivity index (χ4n) is 3.70. The van der Waals surface area contributed by atoms with E-state index in [1.54, 1.807) is 4.68 Å². The largest absolute Gasteiger partial charge is 0.340 e. The van der Waals surface area contributed by atoms with E-state index >= 15 is 0 Å². The molecule has 0 atom stereocenters. The summed E-state index contributed by atoms with van der Waals surface area (Å²) in [6.07, 6.45) is 8.17. The van der Waals surface area contributed by atoms with E-state index in [9.17, 15) is 4.79 Å². The van der Waals surface area contributed by atoms with E-state index in [2.05, 4.69) is 27.3 Å². The summed E-state index contributed by atoms with van der Waals surface area (Å²) in [6.45, 7) is 2.90. The predicted molar refractivity (Wildman–Crippen MR) is 96.4 cm³/mol. The van der Waals surface area contributed by atoms with E-state index < -0.39 is 0 Å². The Morgan fingerprint density at radius 1 is 1.20 bits per heavy atom. The van der Waals surface area contributed by atoms with Crippen molar-refractivity contribution in [3.8, 4) is 5.69 Å². The fraction of sp³-hybridized carbons (Fsp3) is 0.579. The van der Waals surface area contributed by atoms with Crippen molar-refractivity contribution in [2.45, 2.75) is 64.3 Å². The van der Waals surface area contributed by atoms with E-state index in [-0.39, 0.29) is 5.91 Å². The summed E-state index contributed by atoms with van der Waals surface area (Å²) < 4.78 is 1.75. The summed E-state index contributed by atoms with van der Waals surface area (Å²) in [4.78, 5) is 14.7. The van der Waals surface area contributed by atoms with Crippen molar-refractivity contribution in [1.82, 2.24) is 25.1 Å². The third kappa shape index (κ3) is 4.44. The number of carbonyl (C=O) groups is 1. The number of amides is 1. The van der Waals surface area contributed by atoms with E-state index in [1.165, 1.54) is 19.3 Å². The van der Waals surface area contributed by atoms with Gasteiger partial charge in [0.15, 0.2) is 5.82 Å². The minimum absolute atomic E-state index is 0.271. The average Bonchev–Trinajstić information content (AvgIpc) is 3.12. The smallest absolute Gasteiger partial charge is 0.222 e. The normalized spacial score (nSPS) is 15.2. The minimum Gasteiger partial charge on any atom is -0.340 e. The van der Waals surface area contributed by atoms with Crippen molar-refractivity contribution in [2.75, 3.05) is 6.54 Å². The molecule has 1 amide bonds. The molecule has 1 aromatic carbocycles. The highest BCUT2D eigenvalue weighted by Gasteiger charge is 2.23. The monoisotopic (exact) mass is 341 g/mol. The predicted octanol–water partition coefficient (Wildman–Crippen LogP) is 3.17. The number of benzene rings is 1. The Morgan fingerprint density at radius 3 is 2.68 bits per heavy atom. The number of rotatable bonds is 7. The third-order valence-corrected chi connectivity index (χ3v) is 5.00. The van der Waals surface area contributed by atoms with Gasteiger partial charge in [-0.15, -0.1) is 5.10 Å². The highest BCUT2D eigenvalue weighted by molar-refractivity contribution is 5.76. The number of tetrazole rings is 1. The van der Waals surface area contributed by atoms with Crippen molar-refractivity contribution in [3.63, 3.8) is 0 Å². The maximum Gasteiger partial charge on any atom is 0.222 e. The summed E-state index contributed by atoms with van der Waals surface area (Å²) in [6, 6.07) is 10.3. The lowest BCUT2D eigenvalue weighted by atomic mass is 9.94. The molecule has 1 fully saturated rings. The number of aryl methyl sites for hydroxylation is 1. The minimum atomic E-state index is 0.271. The van der Waals surface area contributed by atoms with E-state index in [0.717, 1.165) is 37.3 Å². The Kier molecular flexibility index (Phi) is 6.14. The maximum absolute atomic E-state index is 12.6. The fourth-order valence-corrected chi connectivity index (χ4v) is 3.70. The summed E-state index contributed by atoms with van der Waals surface area (Å²) in [7, 11) is 0. The van der Waals surface area contributed by atoms with Crippen LogP contribution >= 0.6 is 0 Å². The van der Waals surface area contributed by atoms with Gasteiger partial charge in [-0.2, -0.15) is 4.68 Å². The van der Waals surface area contributed by atoms with Gasteiger partial charge in [-0.05, 0) is 48.7 Å². The van der Waals surface area contributed by atoms with Gasteiger partial charge in [0.05, 0.1) is 5.69 Å². The van der Waals surface area contributed by atoms with Gasteiger partial charge >= 0.3 is 0 Å². The average molecular weight is 341 g/mol. The van der Waals surface area contributed by atoms with Crippen LogP contribution in [0.4, 0.5) is 0 Å². The molecule has 1 aliphatic carbocycles. The van der Waals surface area contributed by atoms with Gasteiger partial charge in [-0.3, -0.25) is 4.79 Å². The van der Waals surface area contributed by atoms with Crippen LogP contribution < -0.4 is 0 Å². The van der Waals surface area contributed by atoms with Crippen LogP contribution in [-0.4, -0.2) is 43.6 Å². The molecule has 1 saturated carbocycles. The number of nitrogens with zero attached hydrogens (tertiary/aromatic N) is 5. The molecule has 134 valence electrons. The molecule has 0 bridgehead atoms. The van der Waals surface area contributed by atoms with Gasteiger partial charge in [-0.25, -0.2) is 0 Å². The number of para-hydroxylation sites is 1. The lowest BCUT2D eigenvalue weighted by molar-refractivity contribution is -0.134. The van der Waals surface area contributed by atoms with Gasteiger partial charge in [-0.1, -0.05) is 37.5 Å². The van der Waals surface area contributed by atoms with Crippen LogP contribution in [0, 0.1) is 0 Å². The molecule has 0 spiro atoms. The second kappa shape index (κ2) is 8.74. The first kappa shape index (κ1) is 17.6. The molecular weight excluding hydrogens is 314 g/mol. The van der Waals surface area contributed by atoms with Crippen molar-refractivity contribution in [2.24, 2.45) is 0 Å². The Bertz CT molecular complexity index is 663. The number of carbonyl (C=O) groups excluding carboxylic acids is 1. The molecule has 2 aromatic rings. The van der Waals surface area contributed by atoms with Gasteiger partial charge in [0.2, 0.25) is 5.91 Å². The van der Waals surface area contributed by atoms with E-state index in [0.29, 0.717) is 18.9 Å². The molecule has 1 heterocycles. The summed E-state index contributed by atoms with van der Waals surface area (Å²) in [5.41, 5.74) is 0.950. The lowest BCUT2D eigenvalue weighted by Crippen LogP contribution is -2.41. The Labute approximate surface area is 149 Å². The summed E-state index contributed by atoms with van der Waals surface area (Å²) >= 11 is 0. The molecular formula is C19H27N5O. The first-order chi connectivity index (χ1) is 12.3. The standard InChI is InChI=1S/C19H27N5O/c1-2-23(16-10-5-3-6-11-16)19(25)15-9-14-18-20-21-22-24(18)17-12-7-4-8-13-17/h4,7-8,12-13,16H,2-3,5-6,9-11,14-15H2,1H3. The third-order valence-electron chi connectivity index (χ3n) is 5.00. The van der Waals surface area contributed by atoms with Crippen LogP contribution in [0.2, 0.25) is 0 Å². The van der Waals surface area contributed by atoms with E-state index in [4.69, 9.17) is 0 Å². The number of aromatic nitrogens is 4. The quantitative estimate of drug-likeness (QED) is 0.776. The molecule has 3 rings (SSSR count). The van der Waals surface area contributed by atoms with E-state index in [1.807, 2.05) is 30.3 Å². The van der Waals surface area contributed by atoms with Crippen molar-refractivity contribution in [3.05, 3.63) is 36.2 Å². The molecule has 0 unspecified atom stereocenters. The van der Waals surface area contributed by atoms with Gasteiger partial charge < -0.3 is 4.90 Å². The summed E-state index contributed by atoms with van der Waals surface area (Å²) in [5.74, 6) is 1.08. The lowest BCUT2D eigenvalue weighted by Gasteiger charge is -2.33. The Hall–Kier alpha value is -2.24.